The summed E-state index contributed by atoms with van der Waals surface area (Å²) in [5.41, 5.74) is 1.68. The van der Waals surface area contributed by atoms with E-state index in [0.717, 1.165) is 4.90 Å². The molecule has 2 aromatic carbocycles. The van der Waals surface area contributed by atoms with Gasteiger partial charge in [0.25, 0.3) is 11.8 Å². The number of nitrogens with zero attached hydrogens (tertiary/aromatic N) is 1. The van der Waals surface area contributed by atoms with Crippen LogP contribution in [0.1, 0.15) is 15.9 Å². The smallest absolute Gasteiger partial charge is 0.277 e. The molecule has 0 fully saturated rings. The van der Waals surface area contributed by atoms with E-state index in [0.29, 0.717) is 16.8 Å². The lowest BCUT2D eigenvalue weighted by molar-refractivity contribution is -0.137. The highest BCUT2D eigenvalue weighted by Crippen LogP contribution is 2.19. The second-order valence-corrected chi connectivity index (χ2v) is 5.48. The fraction of sp³-hybridized carbons (Fsp3) is 0.105. The molecule has 0 radical (unpaired) electrons. The summed E-state index contributed by atoms with van der Waals surface area (Å²) in [5.74, 6) is -1.11. The van der Waals surface area contributed by atoms with Crippen LogP contribution >= 0.6 is 0 Å². The standard InChI is InChI=1S/C19H16N2O4/c22-10-9-21-17(23)12-16(19(21)25)20-15-8-4-7-14(11-15)18(24)13-5-2-1-3-6-13/h1-8,11-12,20,22H,9-10H2. The number of carbonyl (C=O) groups excluding carboxylic acids is 3. The van der Waals surface area contributed by atoms with Crippen molar-refractivity contribution in [2.24, 2.45) is 0 Å². The second kappa shape index (κ2) is 7.11. The molecule has 126 valence electrons. The molecule has 0 atom stereocenters. The summed E-state index contributed by atoms with van der Waals surface area (Å²) in [5, 5.41) is 11.8. The largest absolute Gasteiger partial charge is 0.395 e. The summed E-state index contributed by atoms with van der Waals surface area (Å²) in [6, 6.07) is 15.6. The van der Waals surface area contributed by atoms with Crippen LogP contribution in [-0.4, -0.2) is 40.8 Å². The predicted octanol–water partition coefficient (Wildman–Crippen LogP) is 1.57. The van der Waals surface area contributed by atoms with Crippen LogP contribution < -0.4 is 5.32 Å². The van der Waals surface area contributed by atoms with Crippen molar-refractivity contribution in [2.75, 3.05) is 18.5 Å². The normalized spacial score (nSPS) is 13.8. The van der Waals surface area contributed by atoms with Crippen LogP contribution in [0.25, 0.3) is 0 Å². The van der Waals surface area contributed by atoms with E-state index in [-0.39, 0.29) is 24.6 Å². The van der Waals surface area contributed by atoms with Gasteiger partial charge in [0, 0.05) is 22.9 Å². The van der Waals surface area contributed by atoms with Gasteiger partial charge in [0.1, 0.15) is 5.70 Å². The quantitative estimate of drug-likeness (QED) is 0.618. The van der Waals surface area contributed by atoms with E-state index in [1.807, 2.05) is 6.07 Å². The van der Waals surface area contributed by atoms with E-state index in [1.165, 1.54) is 6.08 Å². The molecule has 1 heterocycles. The van der Waals surface area contributed by atoms with E-state index in [1.54, 1.807) is 48.5 Å². The third kappa shape index (κ3) is 3.49. The van der Waals surface area contributed by atoms with E-state index in [2.05, 4.69) is 5.32 Å². The number of aliphatic hydroxyl groups excluding tert-OH is 1. The molecule has 25 heavy (non-hydrogen) atoms. The summed E-state index contributed by atoms with van der Waals surface area (Å²) < 4.78 is 0. The molecule has 0 aromatic heterocycles. The lowest BCUT2D eigenvalue weighted by atomic mass is 10.0. The van der Waals surface area contributed by atoms with Gasteiger partial charge in [0.05, 0.1) is 13.2 Å². The van der Waals surface area contributed by atoms with Crippen molar-refractivity contribution >= 4 is 23.3 Å². The zero-order valence-corrected chi connectivity index (χ0v) is 13.3. The van der Waals surface area contributed by atoms with Gasteiger partial charge in [0.2, 0.25) is 0 Å². The molecule has 0 saturated carbocycles. The predicted molar refractivity (Wildman–Crippen MR) is 91.8 cm³/mol. The number of β-amino-alcohol motifs (C(OH)–C–C–N with tert-alkyl or cyclic N) is 1. The van der Waals surface area contributed by atoms with Gasteiger partial charge < -0.3 is 10.4 Å². The maximum absolute atomic E-state index is 12.5. The van der Waals surface area contributed by atoms with Gasteiger partial charge >= 0.3 is 0 Å². The number of ketones is 1. The molecule has 1 aliphatic heterocycles. The first-order valence-corrected chi connectivity index (χ1v) is 7.75. The Balaban J connectivity index is 1.79. The van der Waals surface area contributed by atoms with Crippen molar-refractivity contribution in [1.82, 2.24) is 4.90 Å². The zero-order valence-electron chi connectivity index (χ0n) is 13.3. The number of imide groups is 1. The first-order valence-electron chi connectivity index (χ1n) is 7.75. The maximum Gasteiger partial charge on any atom is 0.277 e. The average molecular weight is 336 g/mol. The van der Waals surface area contributed by atoms with E-state index in [9.17, 15) is 14.4 Å². The number of hydrogen-bond acceptors (Lipinski definition) is 5. The molecule has 0 aliphatic carbocycles. The second-order valence-electron chi connectivity index (χ2n) is 5.48. The Morgan fingerprint density at radius 1 is 1.00 bits per heavy atom. The number of nitrogens with one attached hydrogen (secondary N) is 1. The van der Waals surface area contributed by atoms with E-state index < -0.39 is 11.8 Å². The fourth-order valence-corrected chi connectivity index (χ4v) is 2.56. The Hall–Kier alpha value is -3.25. The minimum Gasteiger partial charge on any atom is -0.395 e. The molecular weight excluding hydrogens is 320 g/mol. The summed E-state index contributed by atoms with van der Waals surface area (Å²) in [6.45, 7) is -0.342. The van der Waals surface area contributed by atoms with Crippen LogP contribution in [0.15, 0.2) is 66.4 Å². The van der Waals surface area contributed by atoms with Gasteiger partial charge in [-0.15, -0.1) is 0 Å². The average Bonchev–Trinajstić information content (AvgIpc) is 2.90. The molecule has 3 rings (SSSR count). The van der Waals surface area contributed by atoms with Crippen molar-refractivity contribution in [3.05, 3.63) is 77.5 Å². The number of benzene rings is 2. The van der Waals surface area contributed by atoms with Crippen molar-refractivity contribution in [1.29, 1.82) is 0 Å². The summed E-state index contributed by atoms with van der Waals surface area (Å²) >= 11 is 0. The van der Waals surface area contributed by atoms with Gasteiger partial charge in [-0.25, -0.2) is 0 Å². The van der Waals surface area contributed by atoms with E-state index >= 15 is 0 Å². The molecule has 2 amide bonds. The fourth-order valence-electron chi connectivity index (χ4n) is 2.56. The molecule has 2 aromatic rings. The third-order valence-electron chi connectivity index (χ3n) is 3.77. The lowest BCUT2D eigenvalue weighted by Gasteiger charge is -2.13. The molecule has 0 spiro atoms. The first-order chi connectivity index (χ1) is 12.1. The zero-order chi connectivity index (χ0) is 17.8. The molecular formula is C19H16N2O4. The third-order valence-corrected chi connectivity index (χ3v) is 3.77. The maximum atomic E-state index is 12.5. The van der Waals surface area contributed by atoms with Gasteiger partial charge in [-0.1, -0.05) is 42.5 Å². The lowest BCUT2D eigenvalue weighted by Crippen LogP contribution is -2.34. The number of amides is 2. The Labute approximate surface area is 144 Å². The molecule has 6 nitrogen and oxygen atoms in total. The van der Waals surface area contributed by atoms with Crippen molar-refractivity contribution < 1.29 is 19.5 Å². The SMILES string of the molecule is O=C(c1ccccc1)c1cccc(NC2=CC(=O)N(CCO)C2=O)c1. The molecule has 2 N–H and O–H groups in total. The van der Waals surface area contributed by atoms with Crippen LogP contribution in [0.4, 0.5) is 5.69 Å². The molecule has 6 heteroatoms. The molecule has 0 bridgehead atoms. The Bertz CT molecular complexity index is 859. The highest BCUT2D eigenvalue weighted by Gasteiger charge is 2.30. The van der Waals surface area contributed by atoms with Crippen LogP contribution in [0, 0.1) is 0 Å². The van der Waals surface area contributed by atoms with Gasteiger partial charge in [-0.3, -0.25) is 19.3 Å². The number of rotatable bonds is 6. The van der Waals surface area contributed by atoms with Crippen LogP contribution in [0.3, 0.4) is 0 Å². The van der Waals surface area contributed by atoms with Crippen molar-refractivity contribution in [3.8, 4) is 0 Å². The minimum absolute atomic E-state index is 0.0497. The van der Waals surface area contributed by atoms with Crippen molar-refractivity contribution in [3.63, 3.8) is 0 Å². The molecule has 0 saturated heterocycles. The Morgan fingerprint density at radius 3 is 2.44 bits per heavy atom. The molecule has 0 unspecified atom stereocenters. The number of carbonyl (C=O) groups is 3. The van der Waals surface area contributed by atoms with Crippen LogP contribution in [0.2, 0.25) is 0 Å². The Morgan fingerprint density at radius 2 is 1.72 bits per heavy atom. The van der Waals surface area contributed by atoms with Gasteiger partial charge in [-0.05, 0) is 12.1 Å². The number of anilines is 1. The molecule has 1 aliphatic rings. The van der Waals surface area contributed by atoms with Crippen molar-refractivity contribution in [2.45, 2.75) is 0 Å². The van der Waals surface area contributed by atoms with Crippen LogP contribution in [-0.2, 0) is 9.59 Å². The highest BCUT2D eigenvalue weighted by molar-refractivity contribution is 6.17. The topological polar surface area (TPSA) is 86.7 Å². The number of hydrogen-bond donors (Lipinski definition) is 2. The summed E-state index contributed by atoms with van der Waals surface area (Å²) in [4.78, 5) is 37.4. The highest BCUT2D eigenvalue weighted by atomic mass is 16.3. The van der Waals surface area contributed by atoms with E-state index in [4.69, 9.17) is 5.11 Å². The van der Waals surface area contributed by atoms with Crippen LogP contribution in [0.5, 0.6) is 0 Å². The van der Waals surface area contributed by atoms with Gasteiger partial charge in [0.15, 0.2) is 5.78 Å². The van der Waals surface area contributed by atoms with Gasteiger partial charge in [-0.2, -0.15) is 0 Å². The summed E-state index contributed by atoms with van der Waals surface area (Å²) in [7, 11) is 0. The minimum atomic E-state index is -0.501. The Kier molecular flexibility index (Phi) is 4.72. The monoisotopic (exact) mass is 336 g/mol. The summed E-state index contributed by atoms with van der Waals surface area (Å²) in [6.07, 6.45) is 1.18. The number of aliphatic hydroxyl groups is 1. The first kappa shape index (κ1) is 16.6.